The molecular weight excluding hydrogens is 307 g/mol. The Balaban J connectivity index is 2.08. The SMILES string of the molecule is CS(=O)(=O)NC1CCCN(c2ccc(C(F)(F)F)cn2)C1. The lowest BCUT2D eigenvalue weighted by atomic mass is 10.1. The Bertz CT molecular complexity index is 587. The zero-order chi connectivity index (χ0) is 15.7. The van der Waals surface area contributed by atoms with Crippen molar-refractivity contribution in [3.63, 3.8) is 0 Å². The van der Waals surface area contributed by atoms with Crippen LogP contribution in [-0.2, 0) is 16.2 Å². The highest BCUT2D eigenvalue weighted by molar-refractivity contribution is 7.88. The molecule has 1 aliphatic rings. The van der Waals surface area contributed by atoms with Gasteiger partial charge in [0, 0.05) is 25.3 Å². The average Bonchev–Trinajstić information content (AvgIpc) is 2.36. The molecule has 0 aliphatic carbocycles. The number of halogens is 3. The van der Waals surface area contributed by atoms with Crippen molar-refractivity contribution in [3.05, 3.63) is 23.9 Å². The van der Waals surface area contributed by atoms with E-state index in [1.807, 2.05) is 0 Å². The van der Waals surface area contributed by atoms with Crippen molar-refractivity contribution >= 4 is 15.8 Å². The lowest BCUT2D eigenvalue weighted by molar-refractivity contribution is -0.137. The molecule has 0 saturated carbocycles. The predicted octanol–water partition coefficient (Wildman–Crippen LogP) is 1.62. The monoisotopic (exact) mass is 323 g/mol. The fraction of sp³-hybridized carbons (Fsp3) is 0.583. The van der Waals surface area contributed by atoms with E-state index in [2.05, 4.69) is 9.71 Å². The third-order valence-electron chi connectivity index (χ3n) is 3.20. The largest absolute Gasteiger partial charge is 0.417 e. The molecular formula is C12H16F3N3O2S. The number of nitrogens with one attached hydrogen (secondary N) is 1. The summed E-state index contributed by atoms with van der Waals surface area (Å²) in [5, 5.41) is 0. The standard InChI is InChI=1S/C12H16F3N3O2S/c1-21(19,20)17-10-3-2-6-18(8-10)11-5-4-9(7-16-11)12(13,14)15/h4-5,7,10,17H,2-3,6,8H2,1H3. The zero-order valence-electron chi connectivity index (χ0n) is 11.4. The van der Waals surface area contributed by atoms with Gasteiger partial charge < -0.3 is 4.90 Å². The second-order valence-electron chi connectivity index (χ2n) is 5.08. The molecule has 0 radical (unpaired) electrons. The normalized spacial score (nSPS) is 20.6. The minimum Gasteiger partial charge on any atom is -0.355 e. The number of alkyl halides is 3. The van der Waals surface area contributed by atoms with Gasteiger partial charge in [-0.05, 0) is 25.0 Å². The van der Waals surface area contributed by atoms with Crippen molar-refractivity contribution < 1.29 is 21.6 Å². The molecule has 1 saturated heterocycles. The average molecular weight is 323 g/mol. The van der Waals surface area contributed by atoms with Crippen LogP contribution in [-0.4, -0.2) is 38.8 Å². The van der Waals surface area contributed by atoms with E-state index < -0.39 is 21.8 Å². The maximum atomic E-state index is 12.5. The van der Waals surface area contributed by atoms with Crippen LogP contribution in [0.15, 0.2) is 18.3 Å². The number of nitrogens with zero attached hydrogens (tertiary/aromatic N) is 2. The molecule has 0 aromatic carbocycles. The quantitative estimate of drug-likeness (QED) is 0.918. The summed E-state index contributed by atoms with van der Waals surface area (Å²) in [6.07, 6.45) is -1.08. The first kappa shape index (κ1) is 16.0. The summed E-state index contributed by atoms with van der Waals surface area (Å²) >= 11 is 0. The topological polar surface area (TPSA) is 62.3 Å². The summed E-state index contributed by atoms with van der Waals surface area (Å²) in [7, 11) is -3.30. The van der Waals surface area contributed by atoms with Gasteiger partial charge in [-0.25, -0.2) is 18.1 Å². The maximum absolute atomic E-state index is 12.5. The van der Waals surface area contributed by atoms with E-state index in [1.54, 1.807) is 4.90 Å². The third kappa shape index (κ3) is 4.57. The van der Waals surface area contributed by atoms with Crippen molar-refractivity contribution in [2.45, 2.75) is 25.1 Å². The molecule has 1 aliphatic heterocycles. The second kappa shape index (κ2) is 5.80. The third-order valence-corrected chi connectivity index (χ3v) is 3.96. The van der Waals surface area contributed by atoms with Crippen LogP contribution in [0.25, 0.3) is 0 Å². The minimum absolute atomic E-state index is 0.252. The van der Waals surface area contributed by atoms with Gasteiger partial charge >= 0.3 is 6.18 Å². The fourth-order valence-corrected chi connectivity index (χ4v) is 3.12. The smallest absolute Gasteiger partial charge is 0.355 e. The molecule has 9 heteroatoms. The first-order valence-electron chi connectivity index (χ1n) is 6.41. The van der Waals surface area contributed by atoms with Gasteiger partial charge in [0.25, 0.3) is 0 Å². The Morgan fingerprint density at radius 2 is 2.10 bits per heavy atom. The highest BCUT2D eigenvalue weighted by Crippen LogP contribution is 2.29. The molecule has 1 N–H and O–H groups in total. The summed E-state index contributed by atoms with van der Waals surface area (Å²) in [5.74, 6) is 0.419. The van der Waals surface area contributed by atoms with Crippen molar-refractivity contribution in [2.75, 3.05) is 24.2 Å². The van der Waals surface area contributed by atoms with Gasteiger partial charge in [0.1, 0.15) is 5.82 Å². The van der Waals surface area contributed by atoms with Crippen LogP contribution in [0.3, 0.4) is 0 Å². The molecule has 0 bridgehead atoms. The molecule has 5 nitrogen and oxygen atoms in total. The van der Waals surface area contributed by atoms with Gasteiger partial charge in [0.2, 0.25) is 10.0 Å². The van der Waals surface area contributed by atoms with Crippen molar-refractivity contribution in [1.29, 1.82) is 0 Å². The molecule has 0 spiro atoms. The molecule has 21 heavy (non-hydrogen) atoms. The molecule has 2 rings (SSSR count). The highest BCUT2D eigenvalue weighted by atomic mass is 32.2. The first-order valence-corrected chi connectivity index (χ1v) is 8.30. The second-order valence-corrected chi connectivity index (χ2v) is 6.86. The van der Waals surface area contributed by atoms with Gasteiger partial charge in [-0.2, -0.15) is 13.2 Å². The molecule has 1 aromatic heterocycles. The van der Waals surface area contributed by atoms with E-state index in [1.165, 1.54) is 6.07 Å². The molecule has 118 valence electrons. The maximum Gasteiger partial charge on any atom is 0.417 e. The van der Waals surface area contributed by atoms with Gasteiger partial charge in [-0.1, -0.05) is 0 Å². The van der Waals surface area contributed by atoms with E-state index in [0.717, 1.165) is 24.9 Å². The zero-order valence-corrected chi connectivity index (χ0v) is 12.2. The number of hydrogen-bond acceptors (Lipinski definition) is 4. The Hall–Kier alpha value is -1.35. The number of aromatic nitrogens is 1. The van der Waals surface area contributed by atoms with Crippen LogP contribution in [0.4, 0.5) is 19.0 Å². The number of rotatable bonds is 3. The van der Waals surface area contributed by atoms with E-state index in [0.29, 0.717) is 25.3 Å². The van der Waals surface area contributed by atoms with Crippen LogP contribution in [0.1, 0.15) is 18.4 Å². The summed E-state index contributed by atoms with van der Waals surface area (Å²) in [6, 6.07) is 2.04. The number of hydrogen-bond donors (Lipinski definition) is 1. The number of pyridine rings is 1. The van der Waals surface area contributed by atoms with E-state index >= 15 is 0 Å². The van der Waals surface area contributed by atoms with Crippen LogP contribution in [0.5, 0.6) is 0 Å². The molecule has 1 unspecified atom stereocenters. The van der Waals surface area contributed by atoms with Crippen molar-refractivity contribution in [2.24, 2.45) is 0 Å². The lowest BCUT2D eigenvalue weighted by Gasteiger charge is -2.33. The van der Waals surface area contributed by atoms with Crippen LogP contribution >= 0.6 is 0 Å². The van der Waals surface area contributed by atoms with Crippen LogP contribution < -0.4 is 9.62 Å². The van der Waals surface area contributed by atoms with Crippen LogP contribution in [0.2, 0.25) is 0 Å². The van der Waals surface area contributed by atoms with E-state index in [-0.39, 0.29) is 6.04 Å². The number of anilines is 1. The van der Waals surface area contributed by atoms with Gasteiger partial charge in [-0.15, -0.1) is 0 Å². The van der Waals surface area contributed by atoms with Crippen LogP contribution in [0, 0.1) is 0 Å². The Kier molecular flexibility index (Phi) is 4.43. The highest BCUT2D eigenvalue weighted by Gasteiger charge is 2.31. The van der Waals surface area contributed by atoms with Gasteiger partial charge in [0.05, 0.1) is 11.8 Å². The van der Waals surface area contributed by atoms with Gasteiger partial charge in [-0.3, -0.25) is 0 Å². The Morgan fingerprint density at radius 1 is 1.38 bits per heavy atom. The Morgan fingerprint density at radius 3 is 2.62 bits per heavy atom. The number of piperidine rings is 1. The molecule has 0 amide bonds. The summed E-state index contributed by atoms with van der Waals surface area (Å²) in [5.41, 5.74) is -0.797. The number of sulfonamides is 1. The summed E-state index contributed by atoms with van der Waals surface area (Å²) in [6.45, 7) is 1.03. The fourth-order valence-electron chi connectivity index (χ4n) is 2.32. The molecule has 1 aromatic rings. The minimum atomic E-state index is -4.41. The summed E-state index contributed by atoms with van der Waals surface area (Å²) < 4.78 is 62.4. The van der Waals surface area contributed by atoms with Crippen molar-refractivity contribution in [1.82, 2.24) is 9.71 Å². The lowest BCUT2D eigenvalue weighted by Crippen LogP contribution is -2.47. The molecule has 2 heterocycles. The van der Waals surface area contributed by atoms with E-state index in [4.69, 9.17) is 0 Å². The molecule has 1 fully saturated rings. The predicted molar refractivity (Wildman–Crippen MR) is 72.5 cm³/mol. The summed E-state index contributed by atoms with van der Waals surface area (Å²) in [4.78, 5) is 5.61. The van der Waals surface area contributed by atoms with Crippen molar-refractivity contribution in [3.8, 4) is 0 Å². The van der Waals surface area contributed by atoms with E-state index in [9.17, 15) is 21.6 Å². The molecule has 1 atom stereocenters. The van der Waals surface area contributed by atoms with Gasteiger partial charge in [0.15, 0.2) is 0 Å². The Labute approximate surface area is 121 Å². The first-order chi connectivity index (χ1) is 9.65.